The lowest BCUT2D eigenvalue weighted by Gasteiger charge is -2.19. The zero-order valence-electron chi connectivity index (χ0n) is 23.6. The van der Waals surface area contributed by atoms with Crippen LogP contribution in [0.1, 0.15) is 136 Å². The van der Waals surface area contributed by atoms with E-state index in [9.17, 15) is 9.69 Å². The molecule has 6 nitrogen and oxygen atoms in total. The summed E-state index contributed by atoms with van der Waals surface area (Å²) in [7, 11) is 1.96. The highest BCUT2D eigenvalue weighted by molar-refractivity contribution is 7.40. The lowest BCUT2D eigenvalue weighted by atomic mass is 10.0. The molecule has 0 aliphatic heterocycles. The van der Waals surface area contributed by atoms with Gasteiger partial charge >= 0.3 is 14.6 Å². The molecule has 0 saturated heterocycles. The molecule has 2 atom stereocenters. The van der Waals surface area contributed by atoms with Crippen molar-refractivity contribution in [3.63, 3.8) is 0 Å². The Morgan fingerprint density at radius 1 is 0.743 bits per heavy atom. The Kier molecular flexibility index (Phi) is 26.6. The van der Waals surface area contributed by atoms with E-state index in [0.29, 0.717) is 6.61 Å². The molecule has 0 radical (unpaired) electrons. The van der Waals surface area contributed by atoms with E-state index < -0.39 is 8.60 Å². The van der Waals surface area contributed by atoms with E-state index in [0.717, 1.165) is 25.8 Å². The molecule has 0 amide bonds. The van der Waals surface area contributed by atoms with Gasteiger partial charge in [-0.2, -0.15) is 0 Å². The van der Waals surface area contributed by atoms with Crippen molar-refractivity contribution in [2.45, 2.75) is 142 Å². The molecule has 7 heteroatoms. The molecule has 0 fully saturated rings. The number of ether oxygens (including phenoxy) is 1. The summed E-state index contributed by atoms with van der Waals surface area (Å²) in [4.78, 5) is 23.2. The second-order valence-corrected chi connectivity index (χ2v) is 11.2. The van der Waals surface area contributed by atoms with Crippen LogP contribution in [0.15, 0.2) is 0 Å². The molecule has 0 bridgehead atoms. The van der Waals surface area contributed by atoms with E-state index in [-0.39, 0.29) is 18.7 Å². The van der Waals surface area contributed by atoms with Crippen molar-refractivity contribution < 1.29 is 23.5 Å². The van der Waals surface area contributed by atoms with Crippen molar-refractivity contribution in [3.05, 3.63) is 0 Å². The van der Waals surface area contributed by atoms with Crippen LogP contribution in [0.25, 0.3) is 0 Å². The molecular formula is C28H58NO5P. The van der Waals surface area contributed by atoms with E-state index in [4.69, 9.17) is 13.8 Å². The molecule has 0 aliphatic carbocycles. The maximum absolute atomic E-state index is 11.4. The topological polar surface area (TPSA) is 68.2 Å². The summed E-state index contributed by atoms with van der Waals surface area (Å²) in [5, 5.41) is 0. The van der Waals surface area contributed by atoms with Crippen LogP contribution in [0, 0.1) is 0 Å². The Bertz CT molecular complexity index is 453. The standard InChI is InChI=1S/C28H58NO5P/c1-5-6-7-8-9-10-11-12-13-14-15-16-17-18-19-20-21-22-23-28(34-27(2)30)26-33-35(31)32-25-24-29(3)4/h28,31H,5-26H2,1-4H3. The first kappa shape index (κ1) is 34.7. The third-order valence-corrected chi connectivity index (χ3v) is 7.10. The molecule has 0 aromatic rings. The molecule has 35 heavy (non-hydrogen) atoms. The van der Waals surface area contributed by atoms with Gasteiger partial charge < -0.3 is 23.6 Å². The van der Waals surface area contributed by atoms with Gasteiger partial charge in [-0.1, -0.05) is 116 Å². The number of carbonyl (C=O) groups excluding carboxylic acids is 1. The number of likely N-dealkylation sites (N-methyl/N-ethyl adjacent to an activating group) is 1. The van der Waals surface area contributed by atoms with Crippen LogP contribution < -0.4 is 0 Å². The fourth-order valence-electron chi connectivity index (χ4n) is 4.17. The maximum Gasteiger partial charge on any atom is 0.330 e. The quantitative estimate of drug-likeness (QED) is 0.0671. The van der Waals surface area contributed by atoms with Gasteiger partial charge in [0, 0.05) is 13.5 Å². The van der Waals surface area contributed by atoms with Gasteiger partial charge in [0.2, 0.25) is 0 Å². The lowest BCUT2D eigenvalue weighted by molar-refractivity contribution is -0.148. The van der Waals surface area contributed by atoms with E-state index in [1.807, 2.05) is 19.0 Å². The van der Waals surface area contributed by atoms with Gasteiger partial charge in [0.05, 0.1) is 13.2 Å². The van der Waals surface area contributed by atoms with Gasteiger partial charge in [-0.3, -0.25) is 4.79 Å². The van der Waals surface area contributed by atoms with E-state index in [1.54, 1.807) is 0 Å². The smallest absolute Gasteiger partial charge is 0.330 e. The number of rotatable bonds is 27. The van der Waals surface area contributed by atoms with Crippen molar-refractivity contribution >= 4 is 14.6 Å². The zero-order chi connectivity index (χ0) is 26.0. The maximum atomic E-state index is 11.4. The van der Waals surface area contributed by atoms with Crippen molar-refractivity contribution in [1.29, 1.82) is 0 Å². The minimum Gasteiger partial charge on any atom is -0.460 e. The van der Waals surface area contributed by atoms with Gasteiger partial charge in [-0.25, -0.2) is 0 Å². The highest BCUT2D eigenvalue weighted by atomic mass is 31.2. The van der Waals surface area contributed by atoms with Crippen LogP contribution in [-0.2, 0) is 18.6 Å². The second-order valence-electron chi connectivity index (χ2n) is 10.2. The van der Waals surface area contributed by atoms with Crippen LogP contribution >= 0.6 is 8.60 Å². The van der Waals surface area contributed by atoms with E-state index >= 15 is 0 Å². The first-order valence-corrected chi connectivity index (χ1v) is 15.7. The SMILES string of the molecule is CCCCCCCCCCCCCCCCCCCCC(COP(O)OCCN(C)C)OC(C)=O. The fourth-order valence-corrected chi connectivity index (χ4v) is 4.78. The largest absolute Gasteiger partial charge is 0.460 e. The lowest BCUT2D eigenvalue weighted by Crippen LogP contribution is -2.22. The first-order valence-electron chi connectivity index (χ1n) is 14.5. The highest BCUT2D eigenvalue weighted by Gasteiger charge is 2.16. The summed E-state index contributed by atoms with van der Waals surface area (Å²) < 4.78 is 16.0. The monoisotopic (exact) mass is 519 g/mol. The second kappa shape index (κ2) is 26.8. The predicted molar refractivity (Wildman–Crippen MR) is 149 cm³/mol. The first-order chi connectivity index (χ1) is 17.0. The van der Waals surface area contributed by atoms with Gasteiger partial charge in [0.1, 0.15) is 6.10 Å². The zero-order valence-corrected chi connectivity index (χ0v) is 24.5. The highest BCUT2D eigenvalue weighted by Crippen LogP contribution is 2.33. The van der Waals surface area contributed by atoms with Crippen molar-refractivity contribution in [1.82, 2.24) is 4.90 Å². The number of hydrogen-bond donors (Lipinski definition) is 1. The summed E-state index contributed by atoms with van der Waals surface area (Å²) in [5.74, 6) is -0.309. The molecule has 2 unspecified atom stereocenters. The van der Waals surface area contributed by atoms with Crippen LogP contribution in [-0.4, -0.2) is 55.7 Å². The molecule has 1 N–H and O–H groups in total. The average molecular weight is 520 g/mol. The number of nitrogens with zero attached hydrogens (tertiary/aromatic N) is 1. The molecule has 0 aliphatic rings. The Labute approximate surface area is 218 Å². The van der Waals surface area contributed by atoms with E-state index in [1.165, 1.54) is 110 Å². The molecule has 0 aromatic carbocycles. The Balaban J connectivity index is 3.53. The molecule has 0 spiro atoms. The summed E-state index contributed by atoms with van der Waals surface area (Å²) >= 11 is 0. The third-order valence-electron chi connectivity index (χ3n) is 6.32. The van der Waals surface area contributed by atoms with Crippen molar-refractivity contribution in [2.75, 3.05) is 33.9 Å². The third kappa shape index (κ3) is 28.2. The molecule has 0 heterocycles. The number of esters is 1. The summed E-state index contributed by atoms with van der Waals surface area (Å²) in [5.41, 5.74) is 0. The average Bonchev–Trinajstić information content (AvgIpc) is 2.81. The van der Waals surface area contributed by atoms with Gasteiger partial charge in [-0.15, -0.1) is 0 Å². The van der Waals surface area contributed by atoms with Crippen LogP contribution in [0.3, 0.4) is 0 Å². The summed E-state index contributed by atoms with van der Waals surface area (Å²) in [6.45, 7) is 5.01. The molecule has 0 saturated carbocycles. The summed E-state index contributed by atoms with van der Waals surface area (Å²) in [6.07, 6.45) is 24.7. The molecule has 210 valence electrons. The van der Waals surface area contributed by atoms with E-state index in [2.05, 4.69) is 6.92 Å². The normalized spacial score (nSPS) is 13.3. The summed E-state index contributed by atoms with van der Waals surface area (Å²) in [6, 6.07) is 0. The van der Waals surface area contributed by atoms with Crippen LogP contribution in [0.2, 0.25) is 0 Å². The minimum atomic E-state index is -1.93. The number of hydrogen-bond acceptors (Lipinski definition) is 6. The van der Waals surface area contributed by atoms with Gasteiger partial charge in [-0.05, 0) is 26.9 Å². The Morgan fingerprint density at radius 2 is 1.17 bits per heavy atom. The number of carbonyl (C=O) groups is 1. The van der Waals surface area contributed by atoms with Crippen LogP contribution in [0.4, 0.5) is 0 Å². The Morgan fingerprint density at radius 3 is 1.57 bits per heavy atom. The molecule has 0 rings (SSSR count). The minimum absolute atomic E-state index is 0.183. The number of unbranched alkanes of at least 4 members (excludes halogenated alkanes) is 17. The predicted octanol–water partition coefficient (Wildman–Crippen LogP) is 8.16. The van der Waals surface area contributed by atoms with Gasteiger partial charge in [0.15, 0.2) is 0 Å². The van der Waals surface area contributed by atoms with Crippen LogP contribution in [0.5, 0.6) is 0 Å². The van der Waals surface area contributed by atoms with Crippen molar-refractivity contribution in [2.24, 2.45) is 0 Å². The van der Waals surface area contributed by atoms with Crippen molar-refractivity contribution in [3.8, 4) is 0 Å². The fraction of sp³-hybridized carbons (Fsp3) is 0.964. The Hall–Kier alpha value is -0.260. The molecular weight excluding hydrogens is 461 g/mol. The molecule has 0 aromatic heterocycles. The van der Waals surface area contributed by atoms with Gasteiger partial charge in [0.25, 0.3) is 0 Å².